The standard InChI is InChI=1S/C21H20N2O4/c24-14-1-3-17-19(11-14)22-13-18-16-4-2-15(12-20(16)27-21(17)18)26-10-7-23-5-8-25-9-6-23/h1-4,11-13,24H,5-10H2. The Morgan fingerprint density at radius 2 is 1.89 bits per heavy atom. The molecule has 0 saturated carbocycles. The number of ether oxygens (including phenoxy) is 2. The zero-order chi connectivity index (χ0) is 18.2. The van der Waals surface area contributed by atoms with Gasteiger partial charge in [-0.15, -0.1) is 0 Å². The first-order valence-corrected chi connectivity index (χ1v) is 9.15. The summed E-state index contributed by atoms with van der Waals surface area (Å²) in [6, 6.07) is 11.0. The molecule has 1 aliphatic heterocycles. The van der Waals surface area contributed by atoms with E-state index in [2.05, 4.69) is 9.88 Å². The Morgan fingerprint density at radius 1 is 1.04 bits per heavy atom. The van der Waals surface area contributed by atoms with Crippen LogP contribution in [0, 0.1) is 0 Å². The summed E-state index contributed by atoms with van der Waals surface area (Å²) in [5, 5.41) is 12.5. The van der Waals surface area contributed by atoms with Crippen molar-refractivity contribution in [3.63, 3.8) is 0 Å². The third kappa shape index (κ3) is 3.07. The molecule has 0 unspecified atom stereocenters. The van der Waals surface area contributed by atoms with E-state index in [1.807, 2.05) is 24.3 Å². The molecule has 6 heteroatoms. The summed E-state index contributed by atoms with van der Waals surface area (Å²) < 4.78 is 17.4. The summed E-state index contributed by atoms with van der Waals surface area (Å²) in [5.74, 6) is 0.992. The first-order chi connectivity index (χ1) is 13.3. The predicted molar refractivity (Wildman–Crippen MR) is 103 cm³/mol. The molecule has 2 aromatic carbocycles. The average Bonchev–Trinajstić information content (AvgIpc) is 3.06. The quantitative estimate of drug-likeness (QED) is 0.597. The van der Waals surface area contributed by atoms with Crippen LogP contribution >= 0.6 is 0 Å². The molecule has 0 spiro atoms. The van der Waals surface area contributed by atoms with Crippen LogP contribution in [0.5, 0.6) is 11.5 Å². The number of benzene rings is 2. The lowest BCUT2D eigenvalue weighted by atomic mass is 10.1. The molecular formula is C21H20N2O4. The van der Waals surface area contributed by atoms with E-state index < -0.39 is 0 Å². The minimum Gasteiger partial charge on any atom is -0.508 e. The van der Waals surface area contributed by atoms with Gasteiger partial charge in [0.25, 0.3) is 0 Å². The van der Waals surface area contributed by atoms with Gasteiger partial charge in [0.15, 0.2) is 0 Å². The minimum absolute atomic E-state index is 0.196. The molecule has 0 bridgehead atoms. The number of fused-ring (bicyclic) bond motifs is 5. The highest BCUT2D eigenvalue weighted by molar-refractivity contribution is 6.13. The van der Waals surface area contributed by atoms with Gasteiger partial charge in [-0.1, -0.05) is 0 Å². The molecule has 27 heavy (non-hydrogen) atoms. The summed E-state index contributed by atoms with van der Waals surface area (Å²) in [6.45, 7) is 5.04. The van der Waals surface area contributed by atoms with Gasteiger partial charge in [0.1, 0.15) is 29.3 Å². The molecule has 5 rings (SSSR count). The Morgan fingerprint density at radius 3 is 2.78 bits per heavy atom. The van der Waals surface area contributed by atoms with E-state index in [1.54, 1.807) is 18.3 Å². The Hall–Kier alpha value is -2.83. The highest BCUT2D eigenvalue weighted by Crippen LogP contribution is 2.35. The van der Waals surface area contributed by atoms with Gasteiger partial charge in [0, 0.05) is 54.1 Å². The third-order valence-corrected chi connectivity index (χ3v) is 5.04. The lowest BCUT2D eigenvalue weighted by Gasteiger charge is -2.26. The molecule has 2 aromatic heterocycles. The van der Waals surface area contributed by atoms with Crippen LogP contribution in [0.25, 0.3) is 32.8 Å². The zero-order valence-corrected chi connectivity index (χ0v) is 14.9. The summed E-state index contributed by atoms with van der Waals surface area (Å²) in [6.07, 6.45) is 1.79. The Labute approximate surface area is 155 Å². The van der Waals surface area contributed by atoms with E-state index in [1.165, 1.54) is 0 Å². The SMILES string of the molecule is Oc1ccc2c(c1)ncc1c3ccc(OCCN4CCOCC4)cc3oc21. The van der Waals surface area contributed by atoms with Crippen LogP contribution in [0.2, 0.25) is 0 Å². The molecule has 6 nitrogen and oxygen atoms in total. The zero-order valence-electron chi connectivity index (χ0n) is 14.9. The van der Waals surface area contributed by atoms with Crippen molar-refractivity contribution in [1.82, 2.24) is 9.88 Å². The lowest BCUT2D eigenvalue weighted by Crippen LogP contribution is -2.38. The Bertz CT molecular complexity index is 1120. The van der Waals surface area contributed by atoms with Crippen LogP contribution in [0.3, 0.4) is 0 Å². The largest absolute Gasteiger partial charge is 0.508 e. The van der Waals surface area contributed by atoms with E-state index in [9.17, 15) is 5.11 Å². The summed E-state index contributed by atoms with van der Waals surface area (Å²) in [4.78, 5) is 6.79. The van der Waals surface area contributed by atoms with Crippen molar-refractivity contribution in [1.29, 1.82) is 0 Å². The highest BCUT2D eigenvalue weighted by Gasteiger charge is 2.13. The fraction of sp³-hybridized carbons (Fsp3) is 0.286. The van der Waals surface area contributed by atoms with E-state index >= 15 is 0 Å². The molecular weight excluding hydrogens is 344 g/mol. The van der Waals surface area contributed by atoms with Crippen LogP contribution in [0.15, 0.2) is 47.0 Å². The number of nitrogens with zero attached hydrogens (tertiary/aromatic N) is 2. The van der Waals surface area contributed by atoms with Gasteiger partial charge < -0.3 is 19.0 Å². The van der Waals surface area contributed by atoms with Crippen molar-refractivity contribution in [2.45, 2.75) is 0 Å². The number of aromatic nitrogens is 1. The van der Waals surface area contributed by atoms with E-state index in [0.29, 0.717) is 12.1 Å². The Balaban J connectivity index is 1.42. The molecule has 4 aromatic rings. The molecule has 0 radical (unpaired) electrons. The molecule has 0 amide bonds. The van der Waals surface area contributed by atoms with Crippen molar-refractivity contribution >= 4 is 32.8 Å². The van der Waals surface area contributed by atoms with E-state index in [4.69, 9.17) is 13.9 Å². The number of furan rings is 1. The highest BCUT2D eigenvalue weighted by atomic mass is 16.5. The maximum absolute atomic E-state index is 9.66. The van der Waals surface area contributed by atoms with Crippen molar-refractivity contribution < 1.29 is 19.0 Å². The van der Waals surface area contributed by atoms with Gasteiger partial charge in [-0.25, -0.2) is 0 Å². The number of rotatable bonds is 4. The number of hydrogen-bond acceptors (Lipinski definition) is 6. The van der Waals surface area contributed by atoms with Crippen molar-refractivity contribution in [2.24, 2.45) is 0 Å². The van der Waals surface area contributed by atoms with Crippen LogP contribution in [-0.4, -0.2) is 54.4 Å². The third-order valence-electron chi connectivity index (χ3n) is 5.04. The van der Waals surface area contributed by atoms with Gasteiger partial charge in [0.05, 0.1) is 18.7 Å². The van der Waals surface area contributed by atoms with Crippen molar-refractivity contribution in [2.75, 3.05) is 39.5 Å². The average molecular weight is 364 g/mol. The number of phenolic OH excluding ortho intramolecular Hbond substituents is 1. The number of aromatic hydroxyl groups is 1. The van der Waals surface area contributed by atoms with Crippen LogP contribution in [0.1, 0.15) is 0 Å². The molecule has 1 aliphatic rings. The molecule has 0 atom stereocenters. The predicted octanol–water partition coefficient (Wildman–Crippen LogP) is 3.55. The fourth-order valence-electron chi connectivity index (χ4n) is 3.59. The van der Waals surface area contributed by atoms with E-state index in [-0.39, 0.29) is 5.75 Å². The topological polar surface area (TPSA) is 68.0 Å². The number of hydrogen-bond donors (Lipinski definition) is 1. The maximum Gasteiger partial charge on any atom is 0.146 e. The van der Waals surface area contributed by atoms with Gasteiger partial charge in [-0.3, -0.25) is 9.88 Å². The van der Waals surface area contributed by atoms with Crippen molar-refractivity contribution in [3.8, 4) is 11.5 Å². The number of morpholine rings is 1. The van der Waals surface area contributed by atoms with Gasteiger partial charge in [0.2, 0.25) is 0 Å². The van der Waals surface area contributed by atoms with Gasteiger partial charge >= 0.3 is 0 Å². The van der Waals surface area contributed by atoms with E-state index in [0.717, 1.165) is 65.9 Å². The summed E-state index contributed by atoms with van der Waals surface area (Å²) >= 11 is 0. The molecule has 0 aliphatic carbocycles. The minimum atomic E-state index is 0.196. The second kappa shape index (κ2) is 6.72. The normalized spacial score (nSPS) is 15.7. The van der Waals surface area contributed by atoms with Gasteiger partial charge in [-0.05, 0) is 24.3 Å². The first-order valence-electron chi connectivity index (χ1n) is 9.15. The summed E-state index contributed by atoms with van der Waals surface area (Å²) in [7, 11) is 0. The molecule has 3 heterocycles. The molecule has 138 valence electrons. The van der Waals surface area contributed by atoms with Crippen molar-refractivity contribution in [3.05, 3.63) is 42.6 Å². The fourth-order valence-corrected chi connectivity index (χ4v) is 3.59. The van der Waals surface area contributed by atoms with Crippen LogP contribution in [-0.2, 0) is 4.74 Å². The smallest absolute Gasteiger partial charge is 0.146 e. The van der Waals surface area contributed by atoms with Crippen LogP contribution in [0.4, 0.5) is 0 Å². The number of phenols is 1. The molecule has 1 N–H and O–H groups in total. The molecule has 1 saturated heterocycles. The lowest BCUT2D eigenvalue weighted by molar-refractivity contribution is 0.0322. The van der Waals surface area contributed by atoms with Gasteiger partial charge in [-0.2, -0.15) is 0 Å². The first kappa shape index (κ1) is 16.4. The Kier molecular flexibility index (Phi) is 4.07. The molecule has 1 fully saturated rings. The monoisotopic (exact) mass is 364 g/mol. The maximum atomic E-state index is 9.66. The summed E-state index contributed by atoms with van der Waals surface area (Å²) in [5.41, 5.74) is 2.26. The van der Waals surface area contributed by atoms with Crippen LogP contribution < -0.4 is 4.74 Å². The second-order valence-electron chi connectivity index (χ2n) is 6.76. The number of pyridine rings is 1. The second-order valence-corrected chi connectivity index (χ2v) is 6.76.